The van der Waals surface area contributed by atoms with Gasteiger partial charge in [-0.1, -0.05) is 40.0 Å². The third-order valence-electron chi connectivity index (χ3n) is 10.2. The van der Waals surface area contributed by atoms with Gasteiger partial charge in [-0.25, -0.2) is 0 Å². The van der Waals surface area contributed by atoms with E-state index in [0.29, 0.717) is 0 Å². The normalized spacial score (nSPS) is 11.7. The zero-order chi connectivity index (χ0) is 31.2. The maximum atomic E-state index is 2.32. The van der Waals surface area contributed by atoms with E-state index in [2.05, 4.69) is 20.8 Å². The first-order chi connectivity index (χ1) is 21.3. The molecule has 0 aliphatic heterocycles. The third-order valence-corrected chi connectivity index (χ3v) is 19.2. The Labute approximate surface area is 283 Å². The van der Waals surface area contributed by atoms with Crippen molar-refractivity contribution >= 4 is 19.8 Å². The predicted molar refractivity (Wildman–Crippen MR) is 203 cm³/mol. The van der Waals surface area contributed by atoms with Gasteiger partial charge in [0.25, 0.3) is 0 Å². The number of hydrogen-bond acceptors (Lipinski definition) is 0. The fraction of sp³-hybridized carbons (Fsp3) is 1.00. The van der Waals surface area contributed by atoms with Gasteiger partial charge in [-0.15, -0.1) is 0 Å². The minimum absolute atomic E-state index is 1.12. The van der Waals surface area contributed by atoms with Gasteiger partial charge in [0.15, 0.2) is 0 Å². The summed E-state index contributed by atoms with van der Waals surface area (Å²) in [4.78, 5) is 0. The average molecular weight is 711 g/mol. The Morgan fingerprint density at radius 1 is 0.186 bits per heavy atom. The first kappa shape index (κ1) is 43.8. The molecular weight excluding hydrogens is 623 g/mol. The molecule has 0 fully saturated rings. The molecule has 0 rings (SSSR count). The van der Waals surface area contributed by atoms with E-state index in [1.54, 1.807) is 51.8 Å². The summed E-state index contributed by atoms with van der Waals surface area (Å²) in [6.45, 7) is 6.97. The van der Waals surface area contributed by atoms with Crippen molar-refractivity contribution in [3.8, 4) is 0 Å². The molecule has 0 saturated heterocycles. The van der Waals surface area contributed by atoms with Crippen molar-refractivity contribution in [3.63, 3.8) is 0 Å². The van der Waals surface area contributed by atoms with E-state index in [0.717, 1.165) is 0 Å². The van der Waals surface area contributed by atoms with E-state index in [1.165, 1.54) is 193 Å². The van der Waals surface area contributed by atoms with E-state index in [9.17, 15) is 0 Å². The molecule has 0 aromatic carbocycles. The van der Waals surface area contributed by atoms with Crippen LogP contribution in [-0.2, 0) is 0 Å². The molecule has 1 heteroatoms. The van der Waals surface area contributed by atoms with E-state index >= 15 is 0 Å². The van der Waals surface area contributed by atoms with E-state index in [1.807, 2.05) is 0 Å². The van der Waals surface area contributed by atoms with Crippen molar-refractivity contribution in [2.45, 2.75) is 265 Å². The summed E-state index contributed by atoms with van der Waals surface area (Å²) in [6.07, 6.45) is 54.0. The summed E-state index contributed by atoms with van der Waals surface area (Å²) in [5.74, 6) is 0. The Morgan fingerprint density at radius 3 is 0.488 bits per heavy atom. The third kappa shape index (κ3) is 38.9. The van der Waals surface area contributed by atoms with Gasteiger partial charge in [-0.05, 0) is 0 Å². The molecular formula is C42H87Sn. The van der Waals surface area contributed by atoms with E-state index in [-0.39, 0.29) is 0 Å². The number of unbranched alkanes of at least 4 members (excludes halogenated alkanes) is 33. The van der Waals surface area contributed by atoms with Crippen molar-refractivity contribution < 1.29 is 0 Å². The van der Waals surface area contributed by atoms with Gasteiger partial charge in [0.05, 0.1) is 0 Å². The van der Waals surface area contributed by atoms with Crippen LogP contribution >= 0.6 is 0 Å². The summed E-state index contributed by atoms with van der Waals surface area (Å²) in [7, 11) is 0. The van der Waals surface area contributed by atoms with Crippen LogP contribution in [0.4, 0.5) is 0 Å². The van der Waals surface area contributed by atoms with Gasteiger partial charge in [0, 0.05) is 0 Å². The molecule has 0 amide bonds. The molecule has 0 heterocycles. The van der Waals surface area contributed by atoms with Gasteiger partial charge in [0.1, 0.15) is 0 Å². The van der Waals surface area contributed by atoms with Crippen LogP contribution in [0.2, 0.25) is 13.3 Å². The second-order valence-electron chi connectivity index (χ2n) is 14.7. The average Bonchev–Trinajstić information content (AvgIpc) is 3.02. The molecule has 0 spiro atoms. The van der Waals surface area contributed by atoms with E-state index < -0.39 is 19.8 Å². The second kappa shape index (κ2) is 40.8. The molecule has 0 aromatic rings. The molecule has 0 aromatic heterocycles. The topological polar surface area (TPSA) is 0 Å². The van der Waals surface area contributed by atoms with Gasteiger partial charge in [-0.3, -0.25) is 0 Å². The van der Waals surface area contributed by atoms with Crippen molar-refractivity contribution in [1.29, 1.82) is 0 Å². The molecule has 0 N–H and O–H groups in total. The molecule has 43 heavy (non-hydrogen) atoms. The molecule has 0 unspecified atom stereocenters. The molecule has 0 aliphatic carbocycles. The van der Waals surface area contributed by atoms with Crippen LogP contribution < -0.4 is 0 Å². The minimum Gasteiger partial charge on any atom is -0.0654 e. The second-order valence-corrected chi connectivity index (χ2v) is 23.2. The minimum atomic E-state index is -1.12. The Bertz CT molecular complexity index is 393. The molecule has 0 aliphatic rings. The summed E-state index contributed by atoms with van der Waals surface area (Å²) >= 11 is -1.12. The Balaban J connectivity index is 3.90. The van der Waals surface area contributed by atoms with Crippen LogP contribution in [0.1, 0.15) is 252 Å². The Morgan fingerprint density at radius 2 is 0.326 bits per heavy atom. The first-order valence-electron chi connectivity index (χ1n) is 21.2. The van der Waals surface area contributed by atoms with Gasteiger partial charge in [-0.2, -0.15) is 0 Å². The molecule has 1 radical (unpaired) electrons. The molecule has 0 nitrogen and oxygen atoms in total. The van der Waals surface area contributed by atoms with Gasteiger partial charge < -0.3 is 0 Å². The SMILES string of the molecule is CCCCCCCCCCCCC[CH2][Sn]([CH2]CCCCCCCCCCCCC)[CH2]CCCCCCCCCCCCC. The molecule has 0 atom stereocenters. The van der Waals surface area contributed by atoms with Crippen molar-refractivity contribution in [2.24, 2.45) is 0 Å². The fourth-order valence-electron chi connectivity index (χ4n) is 7.02. The number of hydrogen-bond donors (Lipinski definition) is 0. The van der Waals surface area contributed by atoms with Crippen molar-refractivity contribution in [3.05, 3.63) is 0 Å². The van der Waals surface area contributed by atoms with Crippen LogP contribution in [0.5, 0.6) is 0 Å². The van der Waals surface area contributed by atoms with Crippen LogP contribution in [0.3, 0.4) is 0 Å². The first-order valence-corrected chi connectivity index (χ1v) is 27.2. The maximum absolute atomic E-state index is 2.32. The monoisotopic (exact) mass is 712 g/mol. The standard InChI is InChI=1S/3C14H29.Sn/c3*1-3-5-7-9-11-13-14-12-10-8-6-4-2;/h3*1,3-14H2,2H3;. The predicted octanol–water partition coefficient (Wildman–Crippen LogP) is 16.6. The summed E-state index contributed by atoms with van der Waals surface area (Å²) in [6, 6.07) is 0. The zero-order valence-corrected chi connectivity index (χ0v) is 33.9. The zero-order valence-electron chi connectivity index (χ0n) is 31.1. The fourth-order valence-corrected chi connectivity index (χ4v) is 15.6. The van der Waals surface area contributed by atoms with Crippen LogP contribution in [0.15, 0.2) is 0 Å². The van der Waals surface area contributed by atoms with Crippen LogP contribution in [0, 0.1) is 0 Å². The molecule has 0 saturated carbocycles. The van der Waals surface area contributed by atoms with Gasteiger partial charge in [0.2, 0.25) is 0 Å². The number of rotatable bonds is 39. The molecule has 0 bridgehead atoms. The summed E-state index contributed by atoms with van der Waals surface area (Å²) in [5, 5.41) is 0. The Kier molecular flexibility index (Phi) is 41.6. The van der Waals surface area contributed by atoms with Crippen LogP contribution in [0.25, 0.3) is 0 Å². The Hall–Kier alpha value is 0.799. The molecule has 259 valence electrons. The summed E-state index contributed by atoms with van der Waals surface area (Å²) < 4.78 is 5.20. The smallest absolute Gasteiger partial charge is 0.0654 e. The van der Waals surface area contributed by atoms with Gasteiger partial charge >= 0.3 is 245 Å². The van der Waals surface area contributed by atoms with Crippen molar-refractivity contribution in [2.75, 3.05) is 0 Å². The van der Waals surface area contributed by atoms with Crippen LogP contribution in [-0.4, -0.2) is 19.8 Å². The quantitative estimate of drug-likeness (QED) is 0.0440. The van der Waals surface area contributed by atoms with E-state index in [4.69, 9.17) is 0 Å². The summed E-state index contributed by atoms with van der Waals surface area (Å²) in [5.41, 5.74) is 0. The van der Waals surface area contributed by atoms with Crippen molar-refractivity contribution in [1.82, 2.24) is 0 Å².